The quantitative estimate of drug-likeness (QED) is 0.667. The minimum Gasteiger partial charge on any atom is -0.302 e. The van der Waals surface area contributed by atoms with Gasteiger partial charge in [-0.2, -0.15) is 0 Å². The summed E-state index contributed by atoms with van der Waals surface area (Å²) < 4.78 is 0. The zero-order valence-corrected chi connectivity index (χ0v) is 16.4. The molecule has 3 aliphatic carbocycles. The van der Waals surface area contributed by atoms with Crippen LogP contribution in [0.1, 0.15) is 79.0 Å². The Bertz CT molecular complexity index is 838. The van der Waals surface area contributed by atoms with Crippen molar-refractivity contribution in [1.82, 2.24) is 4.90 Å². The highest BCUT2D eigenvalue weighted by Gasteiger charge is 2.57. The van der Waals surface area contributed by atoms with E-state index in [0.29, 0.717) is 17.3 Å². The van der Waals surface area contributed by atoms with Crippen LogP contribution in [0.5, 0.6) is 0 Å². The smallest absolute Gasteiger partial charge is 0.0173 e. The van der Waals surface area contributed by atoms with E-state index in [9.17, 15) is 0 Å². The Morgan fingerprint density at radius 1 is 0.852 bits per heavy atom. The zero-order valence-electron chi connectivity index (χ0n) is 16.4. The van der Waals surface area contributed by atoms with Crippen LogP contribution in [0.2, 0.25) is 0 Å². The second-order valence-corrected chi connectivity index (χ2v) is 9.71. The molecule has 3 unspecified atom stereocenters. The third kappa shape index (κ3) is 2.40. The molecule has 1 heterocycles. The van der Waals surface area contributed by atoms with Gasteiger partial charge in [-0.1, -0.05) is 80.6 Å². The Morgan fingerprint density at radius 3 is 2.44 bits per heavy atom. The predicted molar refractivity (Wildman–Crippen MR) is 111 cm³/mol. The van der Waals surface area contributed by atoms with E-state index in [-0.39, 0.29) is 0 Å². The van der Waals surface area contributed by atoms with Crippen molar-refractivity contribution in [2.24, 2.45) is 5.92 Å². The minimum atomic E-state index is 0.377. The summed E-state index contributed by atoms with van der Waals surface area (Å²) in [5.74, 6) is 2.32. The Balaban J connectivity index is 1.33. The first-order valence-electron chi connectivity index (χ1n) is 11.3. The van der Waals surface area contributed by atoms with E-state index in [1.54, 1.807) is 22.3 Å². The van der Waals surface area contributed by atoms with E-state index >= 15 is 0 Å². The Kier molecular flexibility index (Phi) is 3.76. The maximum Gasteiger partial charge on any atom is 0.0173 e. The maximum atomic E-state index is 2.83. The van der Waals surface area contributed by atoms with Gasteiger partial charge in [0.05, 0.1) is 0 Å². The van der Waals surface area contributed by atoms with Crippen LogP contribution in [-0.4, -0.2) is 24.5 Å². The summed E-state index contributed by atoms with van der Waals surface area (Å²) in [5, 5.41) is 0. The van der Waals surface area contributed by atoms with E-state index < -0.39 is 0 Å². The van der Waals surface area contributed by atoms with Gasteiger partial charge in [-0.05, 0) is 47.6 Å². The van der Waals surface area contributed by atoms with Gasteiger partial charge in [-0.25, -0.2) is 0 Å². The van der Waals surface area contributed by atoms with Crippen molar-refractivity contribution in [3.63, 3.8) is 0 Å². The second-order valence-electron chi connectivity index (χ2n) is 9.71. The summed E-state index contributed by atoms with van der Waals surface area (Å²) in [6, 6.07) is 18.8. The first kappa shape index (κ1) is 16.4. The van der Waals surface area contributed by atoms with Gasteiger partial charge in [0.1, 0.15) is 0 Å². The summed E-state index contributed by atoms with van der Waals surface area (Å²) in [6.45, 7) is 3.87. The van der Waals surface area contributed by atoms with Gasteiger partial charge < -0.3 is 4.90 Å². The molecule has 2 fully saturated rings. The SMILES string of the molecule is c1ccc2c(c1)C1CC3(CN(CCC4CCCCC4)CC23)c2ccccc21. The fourth-order valence-corrected chi connectivity index (χ4v) is 7.16. The average Bonchev–Trinajstić information content (AvgIpc) is 3.25. The largest absolute Gasteiger partial charge is 0.302 e. The molecule has 4 aliphatic rings. The van der Waals surface area contributed by atoms with Crippen LogP contribution < -0.4 is 0 Å². The molecule has 0 radical (unpaired) electrons. The highest BCUT2D eigenvalue weighted by Crippen LogP contribution is 2.63. The monoisotopic (exact) mass is 357 g/mol. The van der Waals surface area contributed by atoms with E-state index in [1.165, 1.54) is 64.6 Å². The molecule has 0 amide bonds. The van der Waals surface area contributed by atoms with Crippen molar-refractivity contribution in [2.45, 2.75) is 62.2 Å². The number of hydrogen-bond acceptors (Lipinski definition) is 1. The van der Waals surface area contributed by atoms with E-state index in [2.05, 4.69) is 53.4 Å². The van der Waals surface area contributed by atoms with Crippen LogP contribution in [0.3, 0.4) is 0 Å². The number of fused-ring (bicyclic) bond motifs is 3. The van der Waals surface area contributed by atoms with Crippen molar-refractivity contribution in [3.8, 4) is 0 Å². The van der Waals surface area contributed by atoms with Crippen LogP contribution >= 0.6 is 0 Å². The molecule has 1 nitrogen and oxygen atoms in total. The molecule has 27 heavy (non-hydrogen) atoms. The Labute approximate surface area is 163 Å². The summed E-state index contributed by atoms with van der Waals surface area (Å²) in [5.41, 5.74) is 6.96. The van der Waals surface area contributed by atoms with Gasteiger partial charge in [0.15, 0.2) is 0 Å². The lowest BCUT2D eigenvalue weighted by Gasteiger charge is -2.37. The Morgan fingerprint density at radius 2 is 1.59 bits per heavy atom. The molecule has 0 aromatic heterocycles. The predicted octanol–water partition coefficient (Wildman–Crippen LogP) is 5.84. The molecular formula is C26H31N. The molecule has 0 N–H and O–H groups in total. The van der Waals surface area contributed by atoms with Gasteiger partial charge in [0.25, 0.3) is 0 Å². The molecule has 140 valence electrons. The van der Waals surface area contributed by atoms with Crippen molar-refractivity contribution in [2.75, 3.05) is 19.6 Å². The first-order chi connectivity index (χ1) is 13.4. The lowest BCUT2D eigenvalue weighted by Crippen LogP contribution is -2.35. The molecule has 3 atom stereocenters. The molecule has 1 saturated heterocycles. The molecule has 2 bridgehead atoms. The van der Waals surface area contributed by atoms with E-state index in [0.717, 1.165) is 5.92 Å². The number of likely N-dealkylation sites (tertiary alicyclic amines) is 1. The molecule has 1 spiro atoms. The second kappa shape index (κ2) is 6.21. The fourth-order valence-electron chi connectivity index (χ4n) is 7.16. The molecular weight excluding hydrogens is 326 g/mol. The van der Waals surface area contributed by atoms with Gasteiger partial charge >= 0.3 is 0 Å². The van der Waals surface area contributed by atoms with Crippen LogP contribution in [0.4, 0.5) is 0 Å². The standard InChI is InChI=1S/C26H31N/c1-2-8-19(9-3-1)14-15-27-17-25-21-11-5-4-10-20(21)23-16-26(25,18-27)24-13-7-6-12-22(23)24/h4-7,10-13,19,23,25H,1-3,8-9,14-18H2. The lowest BCUT2D eigenvalue weighted by atomic mass is 9.65. The van der Waals surface area contributed by atoms with Gasteiger partial charge in [-0.3, -0.25) is 0 Å². The molecule has 1 saturated carbocycles. The molecule has 6 rings (SSSR count). The number of hydrogen-bond donors (Lipinski definition) is 0. The third-order valence-corrected chi connectivity index (χ3v) is 8.38. The highest BCUT2D eigenvalue weighted by atomic mass is 15.2. The van der Waals surface area contributed by atoms with Crippen molar-refractivity contribution < 1.29 is 0 Å². The van der Waals surface area contributed by atoms with E-state index in [4.69, 9.17) is 0 Å². The third-order valence-electron chi connectivity index (χ3n) is 8.38. The van der Waals surface area contributed by atoms with Crippen LogP contribution in [0.25, 0.3) is 0 Å². The van der Waals surface area contributed by atoms with Gasteiger partial charge in [0.2, 0.25) is 0 Å². The molecule has 1 aliphatic heterocycles. The van der Waals surface area contributed by atoms with Crippen LogP contribution in [-0.2, 0) is 5.41 Å². The summed E-state index contributed by atoms with van der Waals surface area (Å²) in [4.78, 5) is 2.83. The number of nitrogens with zero attached hydrogens (tertiary/aromatic N) is 1. The number of benzene rings is 2. The Hall–Kier alpha value is -1.60. The zero-order chi connectivity index (χ0) is 17.8. The normalized spacial score (nSPS) is 32.1. The topological polar surface area (TPSA) is 3.24 Å². The summed E-state index contributed by atoms with van der Waals surface area (Å²) in [6.07, 6.45) is 10.1. The van der Waals surface area contributed by atoms with Crippen molar-refractivity contribution in [1.29, 1.82) is 0 Å². The minimum absolute atomic E-state index is 0.377. The lowest BCUT2D eigenvalue weighted by molar-refractivity contribution is 0.253. The fraction of sp³-hybridized carbons (Fsp3) is 0.538. The summed E-state index contributed by atoms with van der Waals surface area (Å²) >= 11 is 0. The van der Waals surface area contributed by atoms with Gasteiger partial charge in [0, 0.05) is 30.3 Å². The number of rotatable bonds is 3. The molecule has 2 aromatic rings. The maximum absolute atomic E-state index is 2.83. The van der Waals surface area contributed by atoms with Crippen molar-refractivity contribution in [3.05, 3.63) is 70.8 Å². The average molecular weight is 358 g/mol. The summed E-state index contributed by atoms with van der Waals surface area (Å²) in [7, 11) is 0. The highest BCUT2D eigenvalue weighted by molar-refractivity contribution is 5.58. The van der Waals surface area contributed by atoms with E-state index in [1.807, 2.05) is 0 Å². The van der Waals surface area contributed by atoms with Gasteiger partial charge in [-0.15, -0.1) is 0 Å². The molecule has 1 heteroatoms. The van der Waals surface area contributed by atoms with Crippen molar-refractivity contribution >= 4 is 0 Å². The molecule has 2 aromatic carbocycles. The first-order valence-corrected chi connectivity index (χ1v) is 11.3. The van der Waals surface area contributed by atoms with Crippen LogP contribution in [0, 0.1) is 5.92 Å². The van der Waals surface area contributed by atoms with Crippen LogP contribution in [0.15, 0.2) is 48.5 Å².